The van der Waals surface area contributed by atoms with Gasteiger partial charge < -0.3 is 9.47 Å². The minimum atomic E-state index is -0.589. The van der Waals surface area contributed by atoms with Gasteiger partial charge in [-0.1, -0.05) is 18.2 Å². The number of aromatic nitrogens is 1. The number of rotatable bonds is 1. The molecule has 2 heterocycles. The van der Waals surface area contributed by atoms with Crippen LogP contribution in [0.4, 0.5) is 4.39 Å². The van der Waals surface area contributed by atoms with Crippen LogP contribution in [-0.2, 0) is 16.0 Å². The molecule has 102 valence electrons. The Morgan fingerprint density at radius 2 is 2.15 bits per heavy atom. The lowest BCUT2D eigenvalue weighted by Gasteiger charge is -2.13. The molecule has 1 aromatic heterocycles. The lowest BCUT2D eigenvalue weighted by Crippen LogP contribution is -2.16. The summed E-state index contributed by atoms with van der Waals surface area (Å²) >= 11 is 0. The van der Waals surface area contributed by atoms with Crippen molar-refractivity contribution in [2.75, 3.05) is 7.11 Å². The Morgan fingerprint density at radius 1 is 1.35 bits per heavy atom. The van der Waals surface area contributed by atoms with Crippen molar-refractivity contribution >= 4 is 5.97 Å². The number of carbonyl (C=O) groups is 1. The number of methoxy groups -OCH3 is 1. The Balaban J connectivity index is 2.17. The van der Waals surface area contributed by atoms with E-state index in [9.17, 15) is 9.18 Å². The van der Waals surface area contributed by atoms with Crippen LogP contribution >= 0.6 is 0 Å². The first kappa shape index (κ1) is 12.6. The number of halogens is 1. The van der Waals surface area contributed by atoms with Crippen molar-refractivity contribution in [3.63, 3.8) is 0 Å². The maximum atomic E-state index is 13.9. The van der Waals surface area contributed by atoms with Gasteiger partial charge in [-0.3, -0.25) is 9.78 Å². The topological polar surface area (TPSA) is 48.4 Å². The minimum absolute atomic E-state index is 0.188. The van der Waals surface area contributed by atoms with Gasteiger partial charge in [-0.15, -0.1) is 0 Å². The van der Waals surface area contributed by atoms with Crippen LogP contribution in [0.2, 0.25) is 0 Å². The number of hydrogen-bond donors (Lipinski definition) is 0. The predicted octanol–water partition coefficient (Wildman–Crippen LogP) is 2.83. The van der Waals surface area contributed by atoms with Crippen molar-refractivity contribution in [3.05, 3.63) is 53.6 Å². The number of hydrogen-bond acceptors (Lipinski definition) is 4. The van der Waals surface area contributed by atoms with Crippen LogP contribution in [0.5, 0.6) is 11.5 Å². The molecule has 0 saturated carbocycles. The molecule has 1 unspecified atom stereocenters. The van der Waals surface area contributed by atoms with Gasteiger partial charge in [-0.05, 0) is 12.5 Å². The molecule has 1 aromatic carbocycles. The van der Waals surface area contributed by atoms with Gasteiger partial charge in [0, 0.05) is 11.1 Å². The summed E-state index contributed by atoms with van der Waals surface area (Å²) < 4.78 is 24.4. The highest BCUT2D eigenvalue weighted by molar-refractivity contribution is 5.80. The van der Waals surface area contributed by atoms with Crippen LogP contribution < -0.4 is 4.74 Å². The van der Waals surface area contributed by atoms with E-state index in [0.29, 0.717) is 22.6 Å². The molecule has 3 rings (SSSR count). The van der Waals surface area contributed by atoms with E-state index in [1.54, 1.807) is 18.2 Å². The van der Waals surface area contributed by atoms with Crippen LogP contribution in [0, 0.1) is 5.82 Å². The molecule has 0 aliphatic carbocycles. The Labute approximate surface area is 115 Å². The molecule has 0 N–H and O–H groups in total. The lowest BCUT2D eigenvalue weighted by atomic mass is 9.92. The van der Waals surface area contributed by atoms with Gasteiger partial charge in [0.2, 0.25) is 0 Å². The monoisotopic (exact) mass is 273 g/mol. The normalized spacial score (nSPS) is 16.4. The molecule has 0 saturated heterocycles. The van der Waals surface area contributed by atoms with Crippen LogP contribution in [0.1, 0.15) is 17.0 Å². The average Bonchev–Trinajstić information content (AvgIpc) is 2.64. The maximum absolute atomic E-state index is 13.9. The van der Waals surface area contributed by atoms with Crippen molar-refractivity contribution < 1.29 is 18.7 Å². The van der Waals surface area contributed by atoms with Gasteiger partial charge in [0.25, 0.3) is 0 Å². The number of benzene rings is 1. The molecule has 0 fully saturated rings. The molecule has 1 atom stereocenters. The van der Waals surface area contributed by atoms with Crippen LogP contribution in [0.3, 0.4) is 0 Å². The third-order valence-corrected chi connectivity index (χ3v) is 3.37. The quantitative estimate of drug-likeness (QED) is 0.750. The first-order valence-corrected chi connectivity index (χ1v) is 6.17. The van der Waals surface area contributed by atoms with Gasteiger partial charge in [0.05, 0.1) is 25.4 Å². The Kier molecular flexibility index (Phi) is 3.10. The summed E-state index contributed by atoms with van der Waals surface area (Å²) in [5.41, 5.74) is 1.03. The van der Waals surface area contributed by atoms with E-state index < -0.39 is 17.7 Å². The Bertz CT molecular complexity index is 672. The smallest absolute Gasteiger partial charge is 0.313 e. The molecule has 1 aliphatic heterocycles. The van der Waals surface area contributed by atoms with E-state index in [2.05, 4.69) is 4.98 Å². The number of nitrogens with zero attached hydrogens (tertiary/aromatic N) is 1. The molecule has 1 aliphatic rings. The molecule has 0 amide bonds. The number of para-hydroxylation sites is 1. The zero-order valence-corrected chi connectivity index (χ0v) is 10.8. The van der Waals surface area contributed by atoms with Gasteiger partial charge >= 0.3 is 5.97 Å². The standard InChI is InChI=1S/C15H12FNO3/c1-19-15(18)10-6-11-12(16)7-17-8-14(11)20-13-5-3-2-4-9(10)13/h2-5,7-8,10H,6H2,1H3. The molecular formula is C15H12FNO3. The zero-order chi connectivity index (χ0) is 14.1. The second-order valence-electron chi connectivity index (χ2n) is 4.52. The fraction of sp³-hybridized carbons (Fsp3) is 0.200. The van der Waals surface area contributed by atoms with Crippen LogP contribution in [0.25, 0.3) is 0 Å². The summed E-state index contributed by atoms with van der Waals surface area (Å²) in [6.45, 7) is 0. The van der Waals surface area contributed by atoms with E-state index in [1.807, 2.05) is 6.07 Å². The highest BCUT2D eigenvalue weighted by Crippen LogP contribution is 2.40. The summed E-state index contributed by atoms with van der Waals surface area (Å²) in [5.74, 6) is -0.624. The van der Waals surface area contributed by atoms with Gasteiger partial charge in [0.1, 0.15) is 11.6 Å². The van der Waals surface area contributed by atoms with Crippen molar-refractivity contribution in [3.8, 4) is 11.5 Å². The lowest BCUT2D eigenvalue weighted by molar-refractivity contribution is -0.142. The van der Waals surface area contributed by atoms with Crippen molar-refractivity contribution in [1.29, 1.82) is 0 Å². The fourth-order valence-corrected chi connectivity index (χ4v) is 2.38. The van der Waals surface area contributed by atoms with E-state index in [-0.39, 0.29) is 6.42 Å². The fourth-order valence-electron chi connectivity index (χ4n) is 2.38. The van der Waals surface area contributed by atoms with Gasteiger partial charge in [-0.25, -0.2) is 4.39 Å². The summed E-state index contributed by atoms with van der Waals surface area (Å²) in [6, 6.07) is 7.13. The van der Waals surface area contributed by atoms with Gasteiger partial charge in [0.15, 0.2) is 5.75 Å². The molecule has 0 radical (unpaired) electrons. The zero-order valence-electron chi connectivity index (χ0n) is 10.8. The second-order valence-corrected chi connectivity index (χ2v) is 4.52. The Morgan fingerprint density at radius 3 is 2.95 bits per heavy atom. The molecule has 5 heteroatoms. The third kappa shape index (κ3) is 2.01. The molecule has 20 heavy (non-hydrogen) atoms. The molecule has 0 bridgehead atoms. The Hall–Kier alpha value is -2.43. The summed E-state index contributed by atoms with van der Waals surface area (Å²) in [4.78, 5) is 15.8. The molecule has 2 aromatic rings. The van der Waals surface area contributed by atoms with E-state index in [4.69, 9.17) is 9.47 Å². The predicted molar refractivity (Wildman–Crippen MR) is 69.2 cm³/mol. The minimum Gasteiger partial charge on any atom is -0.469 e. The van der Waals surface area contributed by atoms with E-state index in [1.165, 1.54) is 13.3 Å². The molecular weight excluding hydrogens is 261 g/mol. The van der Waals surface area contributed by atoms with Crippen LogP contribution in [-0.4, -0.2) is 18.1 Å². The van der Waals surface area contributed by atoms with Crippen LogP contribution in [0.15, 0.2) is 36.7 Å². The van der Waals surface area contributed by atoms with Crippen molar-refractivity contribution in [2.45, 2.75) is 12.3 Å². The highest BCUT2D eigenvalue weighted by Gasteiger charge is 2.31. The number of ether oxygens (including phenoxy) is 2. The first-order valence-electron chi connectivity index (χ1n) is 6.17. The number of carbonyl (C=O) groups excluding carboxylic acids is 1. The largest absolute Gasteiger partial charge is 0.469 e. The van der Waals surface area contributed by atoms with Gasteiger partial charge in [-0.2, -0.15) is 0 Å². The number of pyridine rings is 1. The van der Waals surface area contributed by atoms with E-state index in [0.717, 1.165) is 6.20 Å². The van der Waals surface area contributed by atoms with Crippen molar-refractivity contribution in [2.24, 2.45) is 0 Å². The van der Waals surface area contributed by atoms with E-state index >= 15 is 0 Å². The van der Waals surface area contributed by atoms with Crippen molar-refractivity contribution in [1.82, 2.24) is 4.98 Å². The average molecular weight is 273 g/mol. The second kappa shape index (κ2) is 4.92. The number of fused-ring (bicyclic) bond motifs is 2. The molecule has 0 spiro atoms. The maximum Gasteiger partial charge on any atom is 0.313 e. The molecule has 4 nitrogen and oxygen atoms in total. The number of esters is 1. The third-order valence-electron chi connectivity index (χ3n) is 3.37. The summed E-state index contributed by atoms with van der Waals surface area (Å²) in [5, 5.41) is 0. The summed E-state index contributed by atoms with van der Waals surface area (Å²) in [7, 11) is 1.32. The summed E-state index contributed by atoms with van der Waals surface area (Å²) in [6.07, 6.45) is 2.76. The SMILES string of the molecule is COC(=O)C1Cc2c(F)cncc2Oc2ccccc21. The first-order chi connectivity index (χ1) is 9.70. The highest BCUT2D eigenvalue weighted by atomic mass is 19.1.